The second-order valence-corrected chi connectivity index (χ2v) is 9.46. The van der Waals surface area contributed by atoms with Crippen molar-refractivity contribution in [1.82, 2.24) is 14.9 Å². The average molecular weight is 519 g/mol. The van der Waals surface area contributed by atoms with Crippen LogP contribution in [-0.4, -0.2) is 57.7 Å². The summed E-state index contributed by atoms with van der Waals surface area (Å²) >= 11 is 0.719. The number of rotatable bonds is 7. The number of carbonyl (C=O) groups is 2. The maximum absolute atomic E-state index is 14.0. The van der Waals surface area contributed by atoms with Crippen LogP contribution in [0.1, 0.15) is 71.8 Å². The van der Waals surface area contributed by atoms with Crippen molar-refractivity contribution >= 4 is 29.0 Å². The van der Waals surface area contributed by atoms with Crippen molar-refractivity contribution in [2.24, 2.45) is 0 Å². The minimum atomic E-state index is -4.60. The van der Waals surface area contributed by atoms with E-state index in [0.717, 1.165) is 56.2 Å². The third-order valence-corrected chi connectivity index (χ3v) is 7.31. The van der Waals surface area contributed by atoms with Crippen LogP contribution >= 0.6 is 11.3 Å². The molecule has 2 aromatic rings. The molecule has 2 aliphatic rings. The predicted molar refractivity (Wildman–Crippen MR) is 118 cm³/mol. The number of aromatic nitrogens is 2. The standard InChI is InChI=1S/C22H23F5N4O3S/c1-3-34-21(33)19-30-16(20(32)31-11-4-5-12(31)7-6-11)17(35-19)14-9-28-15(8-13(14)18(23)24)29-10(2)22(25,26)27/h8-12,18H,3-7H2,1-2H3,(H,28,29)/t10-,11-,12-/m0/s1. The van der Waals surface area contributed by atoms with Gasteiger partial charge in [0.05, 0.1) is 11.5 Å². The monoisotopic (exact) mass is 518 g/mol. The lowest BCUT2D eigenvalue weighted by Crippen LogP contribution is -2.35. The van der Waals surface area contributed by atoms with Crippen LogP contribution in [0, 0.1) is 0 Å². The number of alkyl halides is 5. The molecule has 2 saturated heterocycles. The summed E-state index contributed by atoms with van der Waals surface area (Å²) in [5.74, 6) is -1.66. The molecular formula is C22H23F5N4O3S. The summed E-state index contributed by atoms with van der Waals surface area (Å²) in [6.07, 6.45) is -3.37. The van der Waals surface area contributed by atoms with E-state index in [1.165, 1.54) is 0 Å². The summed E-state index contributed by atoms with van der Waals surface area (Å²) in [6, 6.07) is -1.15. The largest absolute Gasteiger partial charge is 0.461 e. The first kappa shape index (κ1) is 25.3. The van der Waals surface area contributed by atoms with E-state index in [4.69, 9.17) is 4.74 Å². The highest BCUT2D eigenvalue weighted by atomic mass is 32.1. The van der Waals surface area contributed by atoms with Crippen LogP contribution in [-0.2, 0) is 4.74 Å². The van der Waals surface area contributed by atoms with Crippen molar-refractivity contribution in [3.05, 3.63) is 28.5 Å². The lowest BCUT2D eigenvalue weighted by Gasteiger charge is -2.22. The van der Waals surface area contributed by atoms with Gasteiger partial charge in [0.15, 0.2) is 0 Å². The lowest BCUT2D eigenvalue weighted by molar-refractivity contribution is -0.138. The molecular weight excluding hydrogens is 495 g/mol. The Morgan fingerprint density at radius 2 is 1.86 bits per heavy atom. The van der Waals surface area contributed by atoms with E-state index in [2.05, 4.69) is 15.3 Å². The molecule has 0 aliphatic carbocycles. The van der Waals surface area contributed by atoms with E-state index in [1.807, 2.05) is 0 Å². The number of nitrogens with one attached hydrogen (secondary N) is 1. The molecule has 2 fully saturated rings. The van der Waals surface area contributed by atoms with Gasteiger partial charge < -0.3 is 15.0 Å². The Bertz CT molecular complexity index is 1100. The van der Waals surface area contributed by atoms with Crippen LogP contribution < -0.4 is 5.32 Å². The van der Waals surface area contributed by atoms with Gasteiger partial charge in [-0.2, -0.15) is 13.2 Å². The molecule has 0 aromatic carbocycles. The maximum atomic E-state index is 14.0. The minimum Gasteiger partial charge on any atom is -0.461 e. The summed E-state index contributed by atoms with van der Waals surface area (Å²) < 4.78 is 71.8. The number of anilines is 1. The Morgan fingerprint density at radius 1 is 1.23 bits per heavy atom. The molecule has 7 nitrogen and oxygen atoms in total. The summed E-state index contributed by atoms with van der Waals surface area (Å²) in [5.41, 5.74) is -0.965. The number of thiazole rings is 1. The van der Waals surface area contributed by atoms with Crippen LogP contribution in [0.25, 0.3) is 10.4 Å². The van der Waals surface area contributed by atoms with Crippen LogP contribution in [0.5, 0.6) is 0 Å². The zero-order chi connectivity index (χ0) is 25.5. The first-order valence-corrected chi connectivity index (χ1v) is 11.9. The molecule has 0 saturated carbocycles. The normalized spacial score (nSPS) is 20.4. The molecule has 0 radical (unpaired) electrons. The summed E-state index contributed by atoms with van der Waals surface area (Å²) in [5, 5.41) is 1.89. The number of nitrogens with zero attached hydrogens (tertiary/aromatic N) is 3. The van der Waals surface area contributed by atoms with Crippen molar-refractivity contribution in [1.29, 1.82) is 0 Å². The van der Waals surface area contributed by atoms with Crippen molar-refractivity contribution < 1.29 is 36.3 Å². The van der Waals surface area contributed by atoms with E-state index < -0.39 is 41.9 Å². The fourth-order valence-corrected chi connectivity index (χ4v) is 5.50. The van der Waals surface area contributed by atoms with Crippen molar-refractivity contribution in [2.45, 2.75) is 70.3 Å². The van der Waals surface area contributed by atoms with Gasteiger partial charge in [0, 0.05) is 29.4 Å². The number of halogens is 5. The van der Waals surface area contributed by atoms with Gasteiger partial charge in [-0.15, -0.1) is 11.3 Å². The fraction of sp³-hybridized carbons (Fsp3) is 0.545. The number of esters is 1. The van der Waals surface area contributed by atoms with Gasteiger partial charge in [-0.3, -0.25) is 4.79 Å². The number of hydrogen-bond donors (Lipinski definition) is 1. The Labute approximate surface area is 201 Å². The molecule has 1 atom stereocenters. The molecule has 13 heteroatoms. The van der Waals surface area contributed by atoms with Crippen LogP contribution in [0.2, 0.25) is 0 Å². The van der Waals surface area contributed by atoms with Gasteiger partial charge in [-0.05, 0) is 45.6 Å². The first-order valence-electron chi connectivity index (χ1n) is 11.1. The topological polar surface area (TPSA) is 84.4 Å². The third-order valence-electron chi connectivity index (χ3n) is 6.24. The van der Waals surface area contributed by atoms with Gasteiger partial charge in [0.2, 0.25) is 5.01 Å². The van der Waals surface area contributed by atoms with Crippen LogP contribution in [0.4, 0.5) is 27.8 Å². The molecule has 2 aromatic heterocycles. The predicted octanol–water partition coefficient (Wildman–Crippen LogP) is 5.45. The van der Waals surface area contributed by atoms with Crippen molar-refractivity contribution in [2.75, 3.05) is 11.9 Å². The quantitative estimate of drug-likeness (QED) is 0.388. The first-order chi connectivity index (χ1) is 16.5. The van der Waals surface area contributed by atoms with Gasteiger partial charge >= 0.3 is 12.1 Å². The van der Waals surface area contributed by atoms with Crippen LogP contribution in [0.15, 0.2) is 12.3 Å². The Kier molecular flexibility index (Phi) is 6.98. The molecule has 35 heavy (non-hydrogen) atoms. The smallest absolute Gasteiger partial charge is 0.408 e. The molecule has 0 unspecified atom stereocenters. The molecule has 4 heterocycles. The molecule has 2 bridgehead atoms. The van der Waals surface area contributed by atoms with Gasteiger partial charge in [-0.1, -0.05) is 0 Å². The molecule has 1 N–H and O–H groups in total. The number of fused-ring (bicyclic) bond motifs is 2. The molecule has 4 rings (SSSR count). The highest BCUT2D eigenvalue weighted by Gasteiger charge is 2.44. The van der Waals surface area contributed by atoms with Crippen LogP contribution in [0.3, 0.4) is 0 Å². The van der Waals surface area contributed by atoms with Gasteiger partial charge in [-0.25, -0.2) is 23.5 Å². The highest BCUT2D eigenvalue weighted by Crippen LogP contribution is 2.42. The Morgan fingerprint density at radius 3 is 2.40 bits per heavy atom. The second-order valence-electron chi connectivity index (χ2n) is 8.46. The Hall–Kier alpha value is -2.83. The molecule has 190 valence electrons. The van der Waals surface area contributed by atoms with E-state index >= 15 is 0 Å². The van der Waals surface area contributed by atoms with Gasteiger partial charge in [0.25, 0.3) is 12.3 Å². The van der Waals surface area contributed by atoms with E-state index in [-0.39, 0.29) is 39.8 Å². The second kappa shape index (κ2) is 9.67. The average Bonchev–Trinajstić information content (AvgIpc) is 3.52. The highest BCUT2D eigenvalue weighted by molar-refractivity contribution is 7.17. The third kappa shape index (κ3) is 4.95. The number of ether oxygens (including phenoxy) is 1. The fourth-order valence-electron chi connectivity index (χ4n) is 4.52. The van der Waals surface area contributed by atoms with Crippen molar-refractivity contribution in [3.63, 3.8) is 0 Å². The summed E-state index contributed by atoms with van der Waals surface area (Å²) in [4.78, 5) is 35.5. The zero-order valence-corrected chi connectivity index (χ0v) is 19.7. The number of pyridine rings is 1. The molecule has 0 spiro atoms. The van der Waals surface area contributed by atoms with E-state index in [9.17, 15) is 31.5 Å². The lowest BCUT2D eigenvalue weighted by atomic mass is 10.0. The molecule has 2 aliphatic heterocycles. The minimum absolute atomic E-state index is 0.00238. The number of amides is 1. The molecule has 1 amide bonds. The Balaban J connectivity index is 1.77. The summed E-state index contributed by atoms with van der Waals surface area (Å²) in [7, 11) is 0. The maximum Gasteiger partial charge on any atom is 0.408 e. The number of carbonyl (C=O) groups excluding carboxylic acids is 2. The SMILES string of the molecule is CCOC(=O)c1nc(C(=O)N2[C@H]3CC[C@H]2CC3)c(-c2cnc(N[C@@H](C)C(F)(F)F)cc2C(F)F)s1. The zero-order valence-electron chi connectivity index (χ0n) is 18.9. The number of hydrogen-bond acceptors (Lipinski definition) is 7. The van der Waals surface area contributed by atoms with Crippen molar-refractivity contribution in [3.8, 4) is 10.4 Å². The van der Waals surface area contributed by atoms with Gasteiger partial charge in [0.1, 0.15) is 17.6 Å². The van der Waals surface area contributed by atoms with E-state index in [1.54, 1.807) is 11.8 Å². The summed E-state index contributed by atoms with van der Waals surface area (Å²) in [6.45, 7) is 2.48. The van der Waals surface area contributed by atoms with E-state index in [0.29, 0.717) is 0 Å².